The van der Waals surface area contributed by atoms with E-state index in [-0.39, 0.29) is 10.9 Å². The molecule has 1 N–H and O–H groups in total. The summed E-state index contributed by atoms with van der Waals surface area (Å²) in [6, 6.07) is 6.75. The molecular weight excluding hydrogens is 280 g/mol. The minimum absolute atomic E-state index is 0.225. The van der Waals surface area contributed by atoms with Crippen LogP contribution in [0.1, 0.15) is 12.8 Å². The van der Waals surface area contributed by atoms with Crippen LogP contribution in [0.5, 0.6) is 0 Å². The van der Waals surface area contributed by atoms with E-state index in [4.69, 9.17) is 0 Å². The number of sulfonamides is 1. The minimum atomic E-state index is -3.50. The van der Waals surface area contributed by atoms with Gasteiger partial charge in [-0.15, -0.1) is 0 Å². The van der Waals surface area contributed by atoms with Gasteiger partial charge in [-0.1, -0.05) is 12.1 Å². The quantitative estimate of drug-likeness (QED) is 0.760. The number of para-hydroxylation sites is 1. The van der Waals surface area contributed by atoms with Crippen LogP contribution in [-0.2, 0) is 19.6 Å². The van der Waals surface area contributed by atoms with Crippen LogP contribution in [0.15, 0.2) is 29.2 Å². The van der Waals surface area contributed by atoms with Gasteiger partial charge >= 0.3 is 5.97 Å². The normalized spacial score (nSPS) is 11.2. The fourth-order valence-corrected chi connectivity index (χ4v) is 2.77. The summed E-state index contributed by atoms with van der Waals surface area (Å²) in [5.74, 6) is -0.269. The highest BCUT2D eigenvalue weighted by Crippen LogP contribution is 2.23. The van der Waals surface area contributed by atoms with Crippen molar-refractivity contribution in [2.24, 2.45) is 0 Å². The Kier molecular flexibility index (Phi) is 5.97. The van der Waals surface area contributed by atoms with Gasteiger partial charge in [0.2, 0.25) is 10.0 Å². The molecule has 0 fully saturated rings. The maximum absolute atomic E-state index is 11.9. The number of nitrogens with zero attached hydrogens (tertiary/aromatic N) is 1. The van der Waals surface area contributed by atoms with Crippen LogP contribution in [0.3, 0.4) is 0 Å². The average molecular weight is 300 g/mol. The number of rotatable bonds is 7. The van der Waals surface area contributed by atoms with Gasteiger partial charge in [-0.2, -0.15) is 0 Å². The van der Waals surface area contributed by atoms with E-state index in [1.165, 1.54) is 14.2 Å². The lowest BCUT2D eigenvalue weighted by Crippen LogP contribution is -2.25. The van der Waals surface area contributed by atoms with Crippen molar-refractivity contribution in [3.8, 4) is 0 Å². The van der Waals surface area contributed by atoms with Crippen molar-refractivity contribution in [2.75, 3.05) is 32.6 Å². The molecule has 0 saturated carbocycles. The number of hydrogen-bond donors (Lipinski definition) is 1. The molecule has 0 saturated heterocycles. The zero-order valence-corrected chi connectivity index (χ0v) is 12.7. The predicted octanol–water partition coefficient (Wildman–Crippen LogP) is 0.984. The Hall–Kier alpha value is -1.60. The van der Waals surface area contributed by atoms with Gasteiger partial charge in [-0.05, 0) is 25.6 Å². The number of nitrogens with one attached hydrogen (secondary N) is 1. The number of esters is 1. The van der Waals surface area contributed by atoms with Gasteiger partial charge in [0, 0.05) is 20.0 Å². The van der Waals surface area contributed by atoms with Crippen LogP contribution in [0, 0.1) is 0 Å². The molecule has 0 spiro atoms. The highest BCUT2D eigenvalue weighted by atomic mass is 32.2. The summed E-state index contributed by atoms with van der Waals surface area (Å²) in [6.07, 6.45) is 0.902. The summed E-state index contributed by atoms with van der Waals surface area (Å²) in [5.41, 5.74) is 0.603. The molecule has 1 aromatic carbocycles. The molecule has 0 atom stereocenters. The number of methoxy groups -OCH3 is 1. The second kappa shape index (κ2) is 7.25. The number of carbonyl (C=O) groups excluding carboxylic acids is 1. The molecule has 0 aliphatic rings. The van der Waals surface area contributed by atoms with Gasteiger partial charge in [-0.25, -0.2) is 13.1 Å². The molecule has 0 unspecified atom stereocenters. The first kappa shape index (κ1) is 16.5. The lowest BCUT2D eigenvalue weighted by atomic mass is 10.2. The van der Waals surface area contributed by atoms with Crippen LogP contribution >= 0.6 is 0 Å². The molecule has 0 aromatic heterocycles. The zero-order chi connectivity index (χ0) is 15.2. The van der Waals surface area contributed by atoms with Gasteiger partial charge < -0.3 is 9.64 Å². The van der Waals surface area contributed by atoms with Gasteiger partial charge in [0.05, 0.1) is 12.8 Å². The number of benzene rings is 1. The van der Waals surface area contributed by atoms with Crippen LogP contribution in [-0.4, -0.2) is 42.1 Å². The van der Waals surface area contributed by atoms with E-state index in [9.17, 15) is 13.2 Å². The molecule has 7 heteroatoms. The Balaban J connectivity index is 2.83. The van der Waals surface area contributed by atoms with E-state index in [0.29, 0.717) is 25.1 Å². The fraction of sp³-hybridized carbons (Fsp3) is 0.462. The lowest BCUT2D eigenvalue weighted by Gasteiger charge is -2.21. The third-order valence-corrected chi connectivity index (χ3v) is 4.40. The van der Waals surface area contributed by atoms with Crippen molar-refractivity contribution in [3.63, 3.8) is 0 Å². The smallest absolute Gasteiger partial charge is 0.305 e. The Morgan fingerprint density at radius 1 is 1.35 bits per heavy atom. The Bertz CT molecular complexity index is 557. The van der Waals surface area contributed by atoms with Crippen LogP contribution < -0.4 is 9.62 Å². The minimum Gasteiger partial charge on any atom is -0.469 e. The van der Waals surface area contributed by atoms with Gasteiger partial charge in [0.15, 0.2) is 0 Å². The van der Waals surface area contributed by atoms with E-state index < -0.39 is 10.0 Å². The molecule has 6 nitrogen and oxygen atoms in total. The standard InChI is InChI=1S/C13H20N2O4S/c1-14-20(17,18)12-8-5-4-7-11(12)15(2)10-6-9-13(16)19-3/h4-5,7-8,14H,6,9-10H2,1-3H3. The van der Waals surface area contributed by atoms with Crippen molar-refractivity contribution < 1.29 is 17.9 Å². The van der Waals surface area contributed by atoms with Gasteiger partial charge in [-0.3, -0.25) is 4.79 Å². The Morgan fingerprint density at radius 2 is 2.00 bits per heavy atom. The third-order valence-electron chi connectivity index (χ3n) is 2.94. The largest absolute Gasteiger partial charge is 0.469 e. The van der Waals surface area contributed by atoms with Crippen molar-refractivity contribution in [1.82, 2.24) is 4.72 Å². The molecule has 0 aliphatic heterocycles. The van der Waals surface area contributed by atoms with Crippen molar-refractivity contribution in [2.45, 2.75) is 17.7 Å². The molecule has 112 valence electrons. The number of carbonyl (C=O) groups is 1. The Labute approximate surface area is 119 Å². The van der Waals surface area contributed by atoms with Gasteiger partial charge in [0.25, 0.3) is 0 Å². The molecule has 0 aliphatic carbocycles. The number of ether oxygens (including phenoxy) is 1. The van der Waals surface area contributed by atoms with Crippen molar-refractivity contribution in [3.05, 3.63) is 24.3 Å². The summed E-state index contributed by atoms with van der Waals surface area (Å²) in [5, 5.41) is 0. The third kappa shape index (κ3) is 4.21. The van der Waals surface area contributed by atoms with E-state index in [1.807, 2.05) is 4.90 Å². The van der Waals surface area contributed by atoms with Crippen molar-refractivity contribution in [1.29, 1.82) is 0 Å². The summed E-state index contributed by atoms with van der Waals surface area (Å²) >= 11 is 0. The van der Waals surface area contributed by atoms with E-state index in [1.54, 1.807) is 31.3 Å². The van der Waals surface area contributed by atoms with Crippen LogP contribution in [0.2, 0.25) is 0 Å². The van der Waals surface area contributed by atoms with E-state index >= 15 is 0 Å². The summed E-state index contributed by atoms with van der Waals surface area (Å²) < 4.78 is 30.8. The SMILES string of the molecule is CNS(=O)(=O)c1ccccc1N(C)CCCC(=O)OC. The summed E-state index contributed by atoms with van der Waals surface area (Å²) in [4.78, 5) is 13.1. The van der Waals surface area contributed by atoms with E-state index in [2.05, 4.69) is 9.46 Å². The first-order valence-electron chi connectivity index (χ1n) is 6.23. The molecule has 20 heavy (non-hydrogen) atoms. The van der Waals surface area contributed by atoms with Crippen LogP contribution in [0.4, 0.5) is 5.69 Å². The molecule has 1 rings (SSSR count). The first-order valence-corrected chi connectivity index (χ1v) is 7.71. The maximum atomic E-state index is 11.9. The first-order chi connectivity index (χ1) is 9.42. The van der Waals surface area contributed by atoms with E-state index in [0.717, 1.165) is 0 Å². The maximum Gasteiger partial charge on any atom is 0.305 e. The molecule has 0 heterocycles. The second-order valence-corrected chi connectivity index (χ2v) is 6.13. The number of anilines is 1. The summed E-state index contributed by atoms with van der Waals surface area (Å²) in [7, 11) is 1.02. The summed E-state index contributed by atoms with van der Waals surface area (Å²) in [6.45, 7) is 0.561. The second-order valence-electron chi connectivity index (χ2n) is 4.28. The predicted molar refractivity (Wildman–Crippen MR) is 77.2 cm³/mol. The van der Waals surface area contributed by atoms with Crippen LogP contribution in [0.25, 0.3) is 0 Å². The highest BCUT2D eigenvalue weighted by Gasteiger charge is 2.18. The highest BCUT2D eigenvalue weighted by molar-refractivity contribution is 7.89. The monoisotopic (exact) mass is 300 g/mol. The topological polar surface area (TPSA) is 75.7 Å². The van der Waals surface area contributed by atoms with Crippen molar-refractivity contribution >= 4 is 21.7 Å². The zero-order valence-electron chi connectivity index (χ0n) is 11.9. The molecule has 0 amide bonds. The molecular formula is C13H20N2O4S. The average Bonchev–Trinajstić information content (AvgIpc) is 2.46. The molecule has 0 radical (unpaired) electrons. The Morgan fingerprint density at radius 3 is 2.60 bits per heavy atom. The van der Waals surface area contributed by atoms with Gasteiger partial charge in [0.1, 0.15) is 4.90 Å². The molecule has 0 bridgehead atoms. The molecule has 1 aromatic rings. The number of hydrogen-bond acceptors (Lipinski definition) is 5. The fourth-order valence-electron chi connectivity index (χ4n) is 1.79. The lowest BCUT2D eigenvalue weighted by molar-refractivity contribution is -0.140.